The van der Waals surface area contributed by atoms with Gasteiger partial charge in [0.15, 0.2) is 0 Å². The Bertz CT molecular complexity index is 162. The van der Waals surface area contributed by atoms with Crippen LogP contribution in [0.2, 0.25) is 0 Å². The molecule has 2 heteroatoms. The van der Waals surface area contributed by atoms with E-state index in [4.69, 9.17) is 0 Å². The summed E-state index contributed by atoms with van der Waals surface area (Å²) < 4.78 is 0. The van der Waals surface area contributed by atoms with Gasteiger partial charge in [-0.2, -0.15) is 0 Å². The van der Waals surface area contributed by atoms with E-state index in [2.05, 4.69) is 31.1 Å². The number of rotatable bonds is 7. The summed E-state index contributed by atoms with van der Waals surface area (Å²) in [5.41, 5.74) is 0. The summed E-state index contributed by atoms with van der Waals surface area (Å²) in [6, 6.07) is 0. The predicted molar refractivity (Wildman–Crippen MR) is 71.8 cm³/mol. The molecule has 0 radical (unpaired) electrons. The van der Waals surface area contributed by atoms with E-state index in [1.54, 1.807) is 0 Å². The average Bonchev–Trinajstić information content (AvgIpc) is 2.27. The molecule has 0 saturated carbocycles. The molecule has 1 N–H and O–H groups in total. The van der Waals surface area contributed by atoms with Gasteiger partial charge in [-0.25, -0.2) is 0 Å². The minimum Gasteiger partial charge on any atom is -0.316 e. The van der Waals surface area contributed by atoms with Crippen LogP contribution < -0.4 is 5.32 Å². The van der Waals surface area contributed by atoms with E-state index >= 15 is 0 Å². The Hall–Kier alpha value is -0.0800. The van der Waals surface area contributed by atoms with Crippen molar-refractivity contribution >= 4 is 0 Å². The fourth-order valence-corrected chi connectivity index (χ4v) is 2.45. The maximum Gasteiger partial charge on any atom is -0.00187 e. The van der Waals surface area contributed by atoms with E-state index in [0.717, 1.165) is 11.8 Å². The van der Waals surface area contributed by atoms with Crippen molar-refractivity contribution in [1.29, 1.82) is 0 Å². The second-order valence-electron chi connectivity index (χ2n) is 5.84. The van der Waals surface area contributed by atoms with E-state index in [-0.39, 0.29) is 0 Å². The zero-order valence-corrected chi connectivity index (χ0v) is 11.5. The molecule has 1 unspecified atom stereocenters. The summed E-state index contributed by atoms with van der Waals surface area (Å²) in [6.45, 7) is 9.67. The maximum absolute atomic E-state index is 3.50. The Morgan fingerprint density at radius 2 is 2.12 bits per heavy atom. The first-order valence-corrected chi connectivity index (χ1v) is 7.07. The molecule has 1 aliphatic rings. The molecule has 1 heterocycles. The molecule has 1 rings (SSSR count). The van der Waals surface area contributed by atoms with E-state index in [1.807, 2.05) is 0 Å². The maximum atomic E-state index is 3.50. The van der Waals surface area contributed by atoms with Crippen LogP contribution in [0.1, 0.15) is 46.0 Å². The van der Waals surface area contributed by atoms with Gasteiger partial charge in [-0.3, -0.25) is 0 Å². The van der Waals surface area contributed by atoms with Crippen molar-refractivity contribution in [3.63, 3.8) is 0 Å². The van der Waals surface area contributed by atoms with Gasteiger partial charge >= 0.3 is 0 Å². The van der Waals surface area contributed by atoms with Crippen molar-refractivity contribution in [2.24, 2.45) is 11.8 Å². The highest BCUT2D eigenvalue weighted by Gasteiger charge is 2.13. The first kappa shape index (κ1) is 14.0. The van der Waals surface area contributed by atoms with Crippen LogP contribution >= 0.6 is 0 Å². The normalized spacial score (nSPS) is 21.9. The number of hydrogen-bond donors (Lipinski definition) is 1. The first-order chi connectivity index (χ1) is 7.68. The van der Waals surface area contributed by atoms with Crippen LogP contribution in [-0.4, -0.2) is 38.1 Å². The molecule has 0 aromatic carbocycles. The molecule has 0 bridgehead atoms. The Morgan fingerprint density at radius 1 is 1.31 bits per heavy atom. The molecule has 2 nitrogen and oxygen atoms in total. The van der Waals surface area contributed by atoms with Gasteiger partial charge in [0.1, 0.15) is 0 Å². The summed E-state index contributed by atoms with van der Waals surface area (Å²) in [5.74, 6) is 1.79. The number of nitrogens with one attached hydrogen (secondary N) is 1. The van der Waals surface area contributed by atoms with Crippen molar-refractivity contribution in [1.82, 2.24) is 10.2 Å². The quantitative estimate of drug-likeness (QED) is 0.718. The molecule has 0 aliphatic carbocycles. The lowest BCUT2D eigenvalue weighted by atomic mass is 9.96. The molecule has 0 spiro atoms. The second kappa shape index (κ2) is 8.08. The van der Waals surface area contributed by atoms with E-state index in [1.165, 1.54) is 58.3 Å². The third kappa shape index (κ3) is 6.49. The van der Waals surface area contributed by atoms with E-state index < -0.39 is 0 Å². The number of hydrogen-bond acceptors (Lipinski definition) is 2. The van der Waals surface area contributed by atoms with Gasteiger partial charge < -0.3 is 10.2 Å². The Kier molecular flexibility index (Phi) is 7.06. The van der Waals surface area contributed by atoms with Crippen LogP contribution in [0.5, 0.6) is 0 Å². The molecule has 96 valence electrons. The Labute approximate surface area is 102 Å². The van der Waals surface area contributed by atoms with Crippen LogP contribution in [0.15, 0.2) is 0 Å². The van der Waals surface area contributed by atoms with Crippen LogP contribution in [0.25, 0.3) is 0 Å². The molecule has 1 saturated heterocycles. The van der Waals surface area contributed by atoms with Crippen molar-refractivity contribution in [3.8, 4) is 0 Å². The predicted octanol–water partition coefficient (Wildman–Crippen LogP) is 2.74. The summed E-state index contributed by atoms with van der Waals surface area (Å²) in [5, 5.41) is 3.50. The summed E-state index contributed by atoms with van der Waals surface area (Å²) in [7, 11) is 2.27. The van der Waals surface area contributed by atoms with Crippen molar-refractivity contribution < 1.29 is 0 Å². The topological polar surface area (TPSA) is 15.3 Å². The van der Waals surface area contributed by atoms with Crippen molar-refractivity contribution in [3.05, 3.63) is 0 Å². The van der Waals surface area contributed by atoms with Gasteiger partial charge in [0.05, 0.1) is 0 Å². The highest BCUT2D eigenvalue weighted by Crippen LogP contribution is 2.14. The van der Waals surface area contributed by atoms with Gasteiger partial charge in [0.25, 0.3) is 0 Å². The third-order valence-corrected chi connectivity index (χ3v) is 3.64. The standard InChI is InChI=1S/C14H30N2/c1-13(2)6-5-10-16(3)11-8-14-7-4-9-15-12-14/h13-15H,4-12H2,1-3H3. The fourth-order valence-electron chi connectivity index (χ4n) is 2.45. The molecule has 1 atom stereocenters. The molecule has 0 amide bonds. The van der Waals surface area contributed by atoms with Gasteiger partial charge in [-0.15, -0.1) is 0 Å². The van der Waals surface area contributed by atoms with E-state index in [0.29, 0.717) is 0 Å². The van der Waals surface area contributed by atoms with Gasteiger partial charge in [0.2, 0.25) is 0 Å². The van der Waals surface area contributed by atoms with E-state index in [9.17, 15) is 0 Å². The summed E-state index contributed by atoms with van der Waals surface area (Å²) in [6.07, 6.45) is 6.92. The smallest absolute Gasteiger partial charge is 0.00187 e. The zero-order valence-electron chi connectivity index (χ0n) is 11.5. The molecular formula is C14H30N2. The van der Waals surface area contributed by atoms with Gasteiger partial charge in [0, 0.05) is 0 Å². The summed E-state index contributed by atoms with van der Waals surface area (Å²) in [4.78, 5) is 2.51. The van der Waals surface area contributed by atoms with Crippen molar-refractivity contribution in [2.75, 3.05) is 33.2 Å². The molecular weight excluding hydrogens is 196 g/mol. The Morgan fingerprint density at radius 3 is 2.75 bits per heavy atom. The molecule has 0 aromatic heterocycles. The fraction of sp³-hybridized carbons (Fsp3) is 1.00. The monoisotopic (exact) mass is 226 g/mol. The highest BCUT2D eigenvalue weighted by molar-refractivity contribution is 4.70. The lowest BCUT2D eigenvalue weighted by molar-refractivity contribution is 0.266. The summed E-state index contributed by atoms with van der Waals surface area (Å²) >= 11 is 0. The number of piperidine rings is 1. The highest BCUT2D eigenvalue weighted by atomic mass is 15.1. The van der Waals surface area contributed by atoms with Crippen LogP contribution in [0, 0.1) is 11.8 Å². The molecule has 1 fully saturated rings. The molecule has 1 aliphatic heterocycles. The van der Waals surface area contributed by atoms with Crippen LogP contribution in [0.4, 0.5) is 0 Å². The average molecular weight is 226 g/mol. The lowest BCUT2D eigenvalue weighted by Gasteiger charge is -2.25. The largest absolute Gasteiger partial charge is 0.316 e. The second-order valence-corrected chi connectivity index (χ2v) is 5.84. The molecule has 0 aromatic rings. The van der Waals surface area contributed by atoms with Crippen molar-refractivity contribution in [2.45, 2.75) is 46.0 Å². The third-order valence-electron chi connectivity index (χ3n) is 3.64. The van der Waals surface area contributed by atoms with Crippen LogP contribution in [0.3, 0.4) is 0 Å². The van der Waals surface area contributed by atoms with Gasteiger partial charge in [-0.1, -0.05) is 13.8 Å². The van der Waals surface area contributed by atoms with Crippen LogP contribution in [-0.2, 0) is 0 Å². The Balaban J connectivity index is 1.98. The lowest BCUT2D eigenvalue weighted by Crippen LogP contribution is -2.32. The number of nitrogens with zero attached hydrogens (tertiary/aromatic N) is 1. The molecule has 16 heavy (non-hydrogen) atoms. The zero-order chi connectivity index (χ0) is 11.8. The minimum absolute atomic E-state index is 0.857. The SMILES string of the molecule is CC(C)CCCN(C)CCC1CCCNC1. The first-order valence-electron chi connectivity index (χ1n) is 7.07. The minimum atomic E-state index is 0.857. The van der Waals surface area contributed by atoms with Gasteiger partial charge in [-0.05, 0) is 77.2 Å².